The van der Waals surface area contributed by atoms with Crippen molar-refractivity contribution in [3.05, 3.63) is 29.8 Å². The summed E-state index contributed by atoms with van der Waals surface area (Å²) in [5.74, 6) is 0.234. The number of carbonyl (C=O) groups is 2. The van der Waals surface area contributed by atoms with Crippen molar-refractivity contribution in [3.8, 4) is 5.75 Å². The summed E-state index contributed by atoms with van der Waals surface area (Å²) in [6, 6.07) is 6.87. The molecule has 0 saturated carbocycles. The van der Waals surface area contributed by atoms with E-state index in [1.807, 2.05) is 0 Å². The van der Waals surface area contributed by atoms with Crippen molar-refractivity contribution < 1.29 is 14.3 Å². The molecular formula is C19H29N3O3S. The minimum absolute atomic E-state index is 0.0544. The van der Waals surface area contributed by atoms with Crippen molar-refractivity contribution in [1.29, 1.82) is 0 Å². The Morgan fingerprint density at radius 2 is 1.62 bits per heavy atom. The van der Waals surface area contributed by atoms with Gasteiger partial charge >= 0.3 is 0 Å². The second-order valence-electron chi connectivity index (χ2n) is 5.99. The Hall–Kier alpha value is -2.15. The normalized spacial score (nSPS) is 10.1. The average Bonchev–Trinajstić information content (AvgIpc) is 2.64. The molecule has 0 aliphatic rings. The number of thiocarbonyl (C=S) groups is 1. The molecule has 26 heavy (non-hydrogen) atoms. The number of carbonyl (C=O) groups excluding carboxylic acids is 2. The predicted molar refractivity (Wildman–Crippen MR) is 107 cm³/mol. The summed E-state index contributed by atoms with van der Waals surface area (Å²) in [5.41, 5.74) is 5.47. The first kappa shape index (κ1) is 21.9. The van der Waals surface area contributed by atoms with Gasteiger partial charge in [-0.05, 0) is 49.3 Å². The summed E-state index contributed by atoms with van der Waals surface area (Å²) in [6.45, 7) is 4.89. The zero-order chi connectivity index (χ0) is 19.2. The Bertz CT molecular complexity index is 576. The van der Waals surface area contributed by atoms with E-state index in [0.717, 1.165) is 44.3 Å². The van der Waals surface area contributed by atoms with Crippen molar-refractivity contribution in [1.82, 2.24) is 16.2 Å². The molecule has 7 heteroatoms. The first-order valence-corrected chi connectivity index (χ1v) is 9.60. The smallest absolute Gasteiger partial charge is 0.257 e. The summed E-state index contributed by atoms with van der Waals surface area (Å²) in [6.07, 6.45) is 6.62. The minimum Gasteiger partial charge on any atom is -0.494 e. The molecule has 0 radical (unpaired) electrons. The van der Waals surface area contributed by atoms with Gasteiger partial charge in [-0.25, -0.2) is 0 Å². The third kappa shape index (κ3) is 9.36. The second-order valence-corrected chi connectivity index (χ2v) is 6.40. The van der Waals surface area contributed by atoms with Crippen LogP contribution in [0.4, 0.5) is 0 Å². The van der Waals surface area contributed by atoms with Crippen molar-refractivity contribution in [2.75, 3.05) is 6.61 Å². The first-order valence-electron chi connectivity index (χ1n) is 9.19. The van der Waals surface area contributed by atoms with Crippen LogP contribution in [0.1, 0.15) is 69.2 Å². The van der Waals surface area contributed by atoms with E-state index in [4.69, 9.17) is 17.0 Å². The molecular weight excluding hydrogens is 350 g/mol. The van der Waals surface area contributed by atoms with Gasteiger partial charge in [0.1, 0.15) is 5.75 Å². The maximum absolute atomic E-state index is 12.1. The molecule has 144 valence electrons. The standard InChI is InChI=1S/C19H29N3O3S/c1-3-5-7-9-17(23)21-22-19(26)20-18(24)15-10-12-16(13-11-15)25-14-8-6-4-2/h10-13H,3-9,14H2,1-2H3,(H,21,23)(H2,20,22,24,26). The van der Waals surface area contributed by atoms with Gasteiger partial charge in [-0.1, -0.05) is 39.5 Å². The van der Waals surface area contributed by atoms with Gasteiger partial charge in [-0.2, -0.15) is 0 Å². The van der Waals surface area contributed by atoms with Crippen LogP contribution in [0.5, 0.6) is 5.75 Å². The molecule has 0 saturated heterocycles. The Kier molecular flexibility index (Phi) is 11.0. The van der Waals surface area contributed by atoms with Gasteiger partial charge in [-0.15, -0.1) is 0 Å². The van der Waals surface area contributed by atoms with Crippen LogP contribution in [0, 0.1) is 0 Å². The lowest BCUT2D eigenvalue weighted by atomic mass is 10.2. The first-order chi connectivity index (χ1) is 12.6. The van der Waals surface area contributed by atoms with Crippen LogP contribution in [0.3, 0.4) is 0 Å². The molecule has 1 rings (SSSR count). The van der Waals surface area contributed by atoms with Gasteiger partial charge in [0.25, 0.3) is 5.91 Å². The molecule has 0 aliphatic carbocycles. The highest BCUT2D eigenvalue weighted by molar-refractivity contribution is 7.80. The minimum atomic E-state index is -0.347. The molecule has 0 bridgehead atoms. The van der Waals surface area contributed by atoms with Gasteiger partial charge in [0, 0.05) is 12.0 Å². The number of hydrogen-bond acceptors (Lipinski definition) is 4. The van der Waals surface area contributed by atoms with E-state index in [9.17, 15) is 9.59 Å². The molecule has 0 spiro atoms. The van der Waals surface area contributed by atoms with Gasteiger partial charge in [0.2, 0.25) is 5.91 Å². The van der Waals surface area contributed by atoms with Crippen LogP contribution in [0.15, 0.2) is 24.3 Å². The fraction of sp³-hybridized carbons (Fsp3) is 0.526. The van der Waals surface area contributed by atoms with Crippen molar-refractivity contribution in [2.24, 2.45) is 0 Å². The van der Waals surface area contributed by atoms with E-state index >= 15 is 0 Å². The lowest BCUT2D eigenvalue weighted by molar-refractivity contribution is -0.121. The maximum atomic E-state index is 12.1. The summed E-state index contributed by atoms with van der Waals surface area (Å²) in [7, 11) is 0. The molecule has 6 nitrogen and oxygen atoms in total. The number of amides is 2. The Morgan fingerprint density at radius 3 is 2.27 bits per heavy atom. The topological polar surface area (TPSA) is 79.5 Å². The lowest BCUT2D eigenvalue weighted by Crippen LogP contribution is -2.48. The third-order valence-electron chi connectivity index (χ3n) is 3.68. The Balaban J connectivity index is 2.33. The summed E-state index contributed by atoms with van der Waals surface area (Å²) in [4.78, 5) is 23.7. The second kappa shape index (κ2) is 13.1. The molecule has 0 unspecified atom stereocenters. The molecule has 3 N–H and O–H groups in total. The fourth-order valence-electron chi connectivity index (χ4n) is 2.18. The van der Waals surface area contributed by atoms with Gasteiger partial charge in [0.05, 0.1) is 6.61 Å². The zero-order valence-electron chi connectivity index (χ0n) is 15.6. The molecule has 0 atom stereocenters. The molecule has 0 heterocycles. The van der Waals surface area contributed by atoms with Gasteiger partial charge in [-0.3, -0.25) is 25.8 Å². The monoisotopic (exact) mass is 379 g/mol. The van der Waals surface area contributed by atoms with E-state index in [0.29, 0.717) is 18.6 Å². The molecule has 0 aliphatic heterocycles. The Labute approximate surface area is 161 Å². The maximum Gasteiger partial charge on any atom is 0.257 e. The predicted octanol–water partition coefficient (Wildman–Crippen LogP) is 3.47. The van der Waals surface area contributed by atoms with Crippen LogP contribution in [0.2, 0.25) is 0 Å². The molecule has 1 aromatic carbocycles. The fourth-order valence-corrected chi connectivity index (χ4v) is 2.32. The number of nitrogens with one attached hydrogen (secondary N) is 3. The number of hydrogen-bond donors (Lipinski definition) is 3. The van der Waals surface area contributed by atoms with Crippen LogP contribution in [-0.4, -0.2) is 23.5 Å². The number of benzene rings is 1. The van der Waals surface area contributed by atoms with Crippen molar-refractivity contribution in [3.63, 3.8) is 0 Å². The third-order valence-corrected chi connectivity index (χ3v) is 3.89. The quantitative estimate of drug-likeness (QED) is 0.330. The molecule has 1 aromatic rings. The summed E-state index contributed by atoms with van der Waals surface area (Å²) >= 11 is 5.01. The van der Waals surface area contributed by atoms with Crippen LogP contribution < -0.4 is 20.9 Å². The average molecular weight is 380 g/mol. The van der Waals surface area contributed by atoms with E-state index in [-0.39, 0.29) is 16.9 Å². The van der Waals surface area contributed by atoms with E-state index in [2.05, 4.69) is 30.0 Å². The van der Waals surface area contributed by atoms with Crippen molar-refractivity contribution >= 4 is 29.1 Å². The van der Waals surface area contributed by atoms with Crippen molar-refractivity contribution in [2.45, 2.75) is 58.8 Å². The summed E-state index contributed by atoms with van der Waals surface area (Å²) < 4.78 is 5.61. The molecule has 0 fully saturated rings. The van der Waals surface area contributed by atoms with E-state index in [1.165, 1.54) is 0 Å². The van der Waals surface area contributed by atoms with Gasteiger partial charge < -0.3 is 4.74 Å². The largest absolute Gasteiger partial charge is 0.494 e. The van der Waals surface area contributed by atoms with Crippen LogP contribution in [0.25, 0.3) is 0 Å². The van der Waals surface area contributed by atoms with E-state index < -0.39 is 0 Å². The van der Waals surface area contributed by atoms with Gasteiger partial charge in [0.15, 0.2) is 5.11 Å². The number of ether oxygens (including phenoxy) is 1. The van der Waals surface area contributed by atoms with Crippen LogP contribution in [-0.2, 0) is 4.79 Å². The zero-order valence-corrected chi connectivity index (χ0v) is 16.4. The highest BCUT2D eigenvalue weighted by atomic mass is 32.1. The van der Waals surface area contributed by atoms with Crippen LogP contribution >= 0.6 is 12.2 Å². The van der Waals surface area contributed by atoms with E-state index in [1.54, 1.807) is 24.3 Å². The highest BCUT2D eigenvalue weighted by Crippen LogP contribution is 2.13. The molecule has 2 amide bonds. The summed E-state index contributed by atoms with van der Waals surface area (Å²) in [5, 5.41) is 2.58. The molecule has 0 aromatic heterocycles. The number of hydrazine groups is 1. The SMILES string of the molecule is CCCCCOc1ccc(C(=O)NC(=S)NNC(=O)CCCCC)cc1. The number of unbranched alkanes of at least 4 members (excludes halogenated alkanes) is 4. The number of rotatable bonds is 10. The Morgan fingerprint density at radius 1 is 0.962 bits per heavy atom. The highest BCUT2D eigenvalue weighted by Gasteiger charge is 2.09. The lowest BCUT2D eigenvalue weighted by Gasteiger charge is -2.11.